The first kappa shape index (κ1) is 18.3. The standard InChI is InChI=1S/C21H24N4O3/c1-27-19-9-3-2-7-16(19)13-17-14-22-21(28-17)18-8-4-5-12-25(18)20(26)15-24-11-6-10-23-24/h2-3,6-7,9-11,14,18H,4-5,8,12-13,15H2,1H3/t18-/m0/s1. The zero-order valence-electron chi connectivity index (χ0n) is 16.0. The number of benzene rings is 1. The van der Waals surface area contributed by atoms with E-state index in [0.717, 1.165) is 42.9 Å². The molecule has 0 unspecified atom stereocenters. The highest BCUT2D eigenvalue weighted by atomic mass is 16.5. The molecular weight excluding hydrogens is 356 g/mol. The summed E-state index contributed by atoms with van der Waals surface area (Å²) in [6.45, 7) is 0.952. The van der Waals surface area contributed by atoms with E-state index in [1.165, 1.54) is 0 Å². The second-order valence-electron chi connectivity index (χ2n) is 6.96. The van der Waals surface area contributed by atoms with Gasteiger partial charge in [0.25, 0.3) is 0 Å². The molecule has 0 N–H and O–H groups in total. The Labute approximate surface area is 163 Å². The van der Waals surface area contributed by atoms with Crippen molar-refractivity contribution in [2.45, 2.75) is 38.3 Å². The number of likely N-dealkylation sites (tertiary alicyclic amines) is 1. The lowest BCUT2D eigenvalue weighted by molar-refractivity contribution is -0.136. The van der Waals surface area contributed by atoms with Gasteiger partial charge in [-0.2, -0.15) is 5.10 Å². The number of carbonyl (C=O) groups excluding carboxylic acids is 1. The Morgan fingerprint density at radius 1 is 1.29 bits per heavy atom. The molecule has 2 aromatic heterocycles. The van der Waals surface area contributed by atoms with Crippen molar-refractivity contribution >= 4 is 5.91 Å². The van der Waals surface area contributed by atoms with Gasteiger partial charge in [0, 0.05) is 30.9 Å². The molecule has 4 rings (SSSR count). The number of hydrogen-bond acceptors (Lipinski definition) is 5. The van der Waals surface area contributed by atoms with Gasteiger partial charge in [-0.3, -0.25) is 9.48 Å². The monoisotopic (exact) mass is 380 g/mol. The third-order valence-corrected chi connectivity index (χ3v) is 5.09. The molecule has 1 atom stereocenters. The van der Waals surface area contributed by atoms with E-state index in [2.05, 4.69) is 10.1 Å². The summed E-state index contributed by atoms with van der Waals surface area (Å²) in [6, 6.07) is 9.57. The number of hydrogen-bond donors (Lipinski definition) is 0. The minimum atomic E-state index is -0.122. The minimum Gasteiger partial charge on any atom is -0.496 e. The van der Waals surface area contributed by atoms with Gasteiger partial charge in [0.2, 0.25) is 11.8 Å². The number of ether oxygens (including phenoxy) is 1. The third kappa shape index (κ3) is 3.93. The van der Waals surface area contributed by atoms with Gasteiger partial charge in [-0.05, 0) is 31.4 Å². The fourth-order valence-electron chi connectivity index (χ4n) is 3.71. The zero-order valence-corrected chi connectivity index (χ0v) is 16.0. The van der Waals surface area contributed by atoms with E-state index >= 15 is 0 Å². The molecule has 7 nitrogen and oxygen atoms in total. The quantitative estimate of drug-likeness (QED) is 0.656. The summed E-state index contributed by atoms with van der Waals surface area (Å²) in [7, 11) is 1.66. The highest BCUT2D eigenvalue weighted by Crippen LogP contribution is 2.31. The van der Waals surface area contributed by atoms with Gasteiger partial charge in [-0.1, -0.05) is 18.2 Å². The van der Waals surface area contributed by atoms with Crippen LogP contribution in [-0.2, 0) is 17.8 Å². The van der Waals surface area contributed by atoms with Crippen LogP contribution in [0.1, 0.15) is 42.5 Å². The maximum atomic E-state index is 12.8. The number of methoxy groups -OCH3 is 1. The molecule has 1 aromatic carbocycles. The Morgan fingerprint density at radius 2 is 2.18 bits per heavy atom. The van der Waals surface area contributed by atoms with Crippen LogP contribution < -0.4 is 4.74 Å². The lowest BCUT2D eigenvalue weighted by Gasteiger charge is -2.33. The fourth-order valence-corrected chi connectivity index (χ4v) is 3.71. The van der Waals surface area contributed by atoms with E-state index < -0.39 is 0 Å². The topological polar surface area (TPSA) is 73.4 Å². The molecule has 0 radical (unpaired) electrons. The van der Waals surface area contributed by atoms with Crippen molar-refractivity contribution in [3.8, 4) is 5.75 Å². The number of oxazole rings is 1. The van der Waals surface area contributed by atoms with Crippen LogP contribution in [0.2, 0.25) is 0 Å². The molecule has 0 spiro atoms. The van der Waals surface area contributed by atoms with Crippen molar-refractivity contribution in [1.82, 2.24) is 19.7 Å². The molecule has 0 saturated carbocycles. The van der Waals surface area contributed by atoms with E-state index in [1.54, 1.807) is 30.4 Å². The summed E-state index contributed by atoms with van der Waals surface area (Å²) in [5.41, 5.74) is 1.04. The van der Waals surface area contributed by atoms with Gasteiger partial charge in [0.1, 0.15) is 24.1 Å². The first-order valence-corrected chi connectivity index (χ1v) is 9.58. The smallest absolute Gasteiger partial charge is 0.244 e. The second-order valence-corrected chi connectivity index (χ2v) is 6.96. The van der Waals surface area contributed by atoms with Gasteiger partial charge >= 0.3 is 0 Å². The van der Waals surface area contributed by atoms with Gasteiger partial charge in [-0.15, -0.1) is 0 Å². The second kappa shape index (κ2) is 8.29. The Hall–Kier alpha value is -3.09. The highest BCUT2D eigenvalue weighted by molar-refractivity contribution is 5.76. The number of carbonyl (C=O) groups is 1. The van der Waals surface area contributed by atoms with Crippen LogP contribution in [0.4, 0.5) is 0 Å². The molecule has 28 heavy (non-hydrogen) atoms. The summed E-state index contributed by atoms with van der Waals surface area (Å²) in [5, 5.41) is 4.13. The van der Waals surface area contributed by atoms with Crippen molar-refractivity contribution in [2.75, 3.05) is 13.7 Å². The van der Waals surface area contributed by atoms with Crippen molar-refractivity contribution in [3.63, 3.8) is 0 Å². The maximum Gasteiger partial charge on any atom is 0.244 e. The third-order valence-electron chi connectivity index (χ3n) is 5.09. The van der Waals surface area contributed by atoms with Gasteiger partial charge in [-0.25, -0.2) is 4.98 Å². The van der Waals surface area contributed by atoms with Crippen LogP contribution in [0, 0.1) is 0 Å². The number of para-hydroxylation sites is 1. The van der Waals surface area contributed by atoms with Gasteiger partial charge in [0.15, 0.2) is 0 Å². The predicted octanol–water partition coefficient (Wildman–Crippen LogP) is 3.22. The number of amides is 1. The molecule has 0 aliphatic carbocycles. The van der Waals surface area contributed by atoms with Crippen molar-refractivity contribution in [2.24, 2.45) is 0 Å². The predicted molar refractivity (Wildman–Crippen MR) is 103 cm³/mol. The average molecular weight is 380 g/mol. The molecule has 3 heterocycles. The van der Waals surface area contributed by atoms with Crippen molar-refractivity contribution < 1.29 is 13.9 Å². The molecule has 1 saturated heterocycles. The molecular formula is C21H24N4O3. The van der Waals surface area contributed by atoms with Crippen molar-refractivity contribution in [3.05, 3.63) is 66.1 Å². The highest BCUT2D eigenvalue weighted by Gasteiger charge is 2.31. The normalized spacial score (nSPS) is 16.9. The minimum absolute atomic E-state index is 0.0397. The first-order valence-electron chi connectivity index (χ1n) is 9.58. The van der Waals surface area contributed by atoms with E-state index in [0.29, 0.717) is 12.3 Å². The van der Waals surface area contributed by atoms with E-state index in [9.17, 15) is 4.79 Å². The van der Waals surface area contributed by atoms with Crippen LogP contribution in [0.3, 0.4) is 0 Å². The Kier molecular flexibility index (Phi) is 5.41. The largest absolute Gasteiger partial charge is 0.496 e. The molecule has 1 aliphatic heterocycles. The van der Waals surface area contributed by atoms with Crippen LogP contribution in [0.25, 0.3) is 0 Å². The molecule has 0 bridgehead atoms. The molecule has 3 aromatic rings. The summed E-state index contributed by atoms with van der Waals surface area (Å²) < 4.78 is 13.1. The molecule has 1 amide bonds. The molecule has 7 heteroatoms. The van der Waals surface area contributed by atoms with Crippen molar-refractivity contribution in [1.29, 1.82) is 0 Å². The number of aromatic nitrogens is 3. The van der Waals surface area contributed by atoms with Gasteiger partial charge in [0.05, 0.1) is 13.3 Å². The lowest BCUT2D eigenvalue weighted by atomic mass is 10.0. The number of piperidine rings is 1. The summed E-state index contributed by atoms with van der Waals surface area (Å²) in [5.74, 6) is 2.25. The SMILES string of the molecule is COc1ccccc1Cc1cnc([C@@H]2CCCCN2C(=O)Cn2cccn2)o1. The van der Waals surface area contributed by atoms with Crippen LogP contribution in [-0.4, -0.2) is 39.2 Å². The lowest BCUT2D eigenvalue weighted by Crippen LogP contribution is -2.40. The Morgan fingerprint density at radius 3 is 3.00 bits per heavy atom. The van der Waals surface area contributed by atoms with Gasteiger partial charge < -0.3 is 14.1 Å². The van der Waals surface area contributed by atoms with E-state index in [1.807, 2.05) is 35.2 Å². The van der Waals surface area contributed by atoms with E-state index in [4.69, 9.17) is 9.15 Å². The van der Waals surface area contributed by atoms with Crippen LogP contribution in [0.15, 0.2) is 53.3 Å². The zero-order chi connectivity index (χ0) is 19.3. The Balaban J connectivity index is 1.50. The molecule has 146 valence electrons. The number of nitrogens with zero attached hydrogens (tertiary/aromatic N) is 4. The first-order chi connectivity index (χ1) is 13.7. The summed E-state index contributed by atoms with van der Waals surface area (Å²) >= 11 is 0. The average Bonchev–Trinajstić information content (AvgIpc) is 3.40. The summed E-state index contributed by atoms with van der Waals surface area (Å²) in [4.78, 5) is 19.2. The summed E-state index contributed by atoms with van der Waals surface area (Å²) in [6.07, 6.45) is 8.75. The Bertz CT molecular complexity index is 919. The maximum absolute atomic E-state index is 12.8. The van der Waals surface area contributed by atoms with Crippen LogP contribution >= 0.6 is 0 Å². The fraction of sp³-hybridized carbons (Fsp3) is 0.381. The van der Waals surface area contributed by atoms with E-state index in [-0.39, 0.29) is 18.5 Å². The molecule has 1 fully saturated rings. The van der Waals surface area contributed by atoms with Crippen LogP contribution in [0.5, 0.6) is 5.75 Å². The molecule has 1 aliphatic rings. The number of rotatable bonds is 6.